The Morgan fingerprint density at radius 3 is 2.60 bits per heavy atom. The number of hydrogen-bond acceptors (Lipinski definition) is 3. The summed E-state index contributed by atoms with van der Waals surface area (Å²) in [6, 6.07) is 6.60. The van der Waals surface area contributed by atoms with E-state index in [1.54, 1.807) is 6.20 Å². The fourth-order valence-corrected chi connectivity index (χ4v) is 2.68. The number of hydrogen-bond donors (Lipinski definition) is 4. The average molecular weight is 345 g/mol. The van der Waals surface area contributed by atoms with Crippen LogP contribution in [-0.2, 0) is 20.8 Å². The monoisotopic (exact) mass is 345 g/mol. The van der Waals surface area contributed by atoms with Crippen LogP contribution < -0.4 is 10.6 Å². The van der Waals surface area contributed by atoms with Crippen molar-refractivity contribution in [2.75, 3.05) is 6.54 Å². The van der Waals surface area contributed by atoms with Crippen LogP contribution >= 0.6 is 0 Å². The maximum absolute atomic E-state index is 12.0. The first-order valence-corrected chi connectivity index (χ1v) is 8.35. The van der Waals surface area contributed by atoms with Gasteiger partial charge in [0, 0.05) is 42.9 Å². The number of carbonyl (C=O) groups is 3. The number of aliphatic carboxylic acids is 1. The molecule has 1 atom stereocenters. The fourth-order valence-electron chi connectivity index (χ4n) is 2.68. The molecule has 0 aliphatic carbocycles. The lowest BCUT2D eigenvalue weighted by molar-refractivity contribution is -0.141. The number of aromatic nitrogens is 1. The Kier molecular flexibility index (Phi) is 6.56. The summed E-state index contributed by atoms with van der Waals surface area (Å²) >= 11 is 0. The van der Waals surface area contributed by atoms with Crippen LogP contribution in [0, 0.1) is 0 Å². The van der Waals surface area contributed by atoms with Crippen molar-refractivity contribution in [3.8, 4) is 0 Å². The molecule has 1 aromatic heterocycles. The third-order valence-corrected chi connectivity index (χ3v) is 3.91. The Morgan fingerprint density at radius 1 is 1.16 bits per heavy atom. The summed E-state index contributed by atoms with van der Waals surface area (Å²) in [5, 5.41) is 15.5. The summed E-state index contributed by atoms with van der Waals surface area (Å²) in [6.45, 7) is 2.38. The molecule has 0 radical (unpaired) electrons. The molecule has 0 aliphatic heterocycles. The number of benzene rings is 1. The number of rotatable bonds is 9. The maximum Gasteiger partial charge on any atom is 0.326 e. The van der Waals surface area contributed by atoms with E-state index in [2.05, 4.69) is 15.6 Å². The lowest BCUT2D eigenvalue weighted by atomic mass is 10.0. The molecule has 0 aliphatic rings. The van der Waals surface area contributed by atoms with Crippen molar-refractivity contribution in [1.82, 2.24) is 15.6 Å². The van der Waals surface area contributed by atoms with E-state index in [4.69, 9.17) is 0 Å². The van der Waals surface area contributed by atoms with Gasteiger partial charge >= 0.3 is 5.97 Å². The second-order valence-electron chi connectivity index (χ2n) is 5.83. The number of carboxylic acid groups (broad SMARTS) is 1. The van der Waals surface area contributed by atoms with Gasteiger partial charge in [-0.25, -0.2) is 4.79 Å². The quantitative estimate of drug-likeness (QED) is 0.553. The first-order chi connectivity index (χ1) is 12.0. The summed E-state index contributed by atoms with van der Waals surface area (Å²) in [5.41, 5.74) is 1.76. The van der Waals surface area contributed by atoms with Gasteiger partial charge in [0.1, 0.15) is 6.04 Å². The number of aromatic amines is 1. The summed E-state index contributed by atoms with van der Waals surface area (Å²) in [6.07, 6.45) is 2.72. The molecule has 2 aromatic rings. The van der Waals surface area contributed by atoms with E-state index in [0.717, 1.165) is 16.5 Å². The van der Waals surface area contributed by atoms with E-state index in [1.807, 2.05) is 31.2 Å². The van der Waals surface area contributed by atoms with Gasteiger partial charge in [0.15, 0.2) is 0 Å². The Labute approximate surface area is 145 Å². The minimum absolute atomic E-state index is 0.108. The largest absolute Gasteiger partial charge is 0.480 e. The minimum atomic E-state index is -1.08. The van der Waals surface area contributed by atoms with E-state index in [-0.39, 0.29) is 31.1 Å². The average Bonchev–Trinajstić information content (AvgIpc) is 2.97. The van der Waals surface area contributed by atoms with E-state index in [1.165, 1.54) is 0 Å². The molecule has 0 saturated heterocycles. The number of carboxylic acids is 1. The summed E-state index contributed by atoms with van der Waals surface area (Å²) in [7, 11) is 0. The number of para-hydroxylation sites is 1. The third-order valence-electron chi connectivity index (χ3n) is 3.91. The van der Waals surface area contributed by atoms with Crippen LogP contribution in [0.15, 0.2) is 30.5 Å². The molecule has 0 saturated carbocycles. The highest BCUT2D eigenvalue weighted by atomic mass is 16.4. The fraction of sp³-hybridized carbons (Fsp3) is 0.389. The molecular formula is C18H23N3O4. The van der Waals surface area contributed by atoms with Crippen molar-refractivity contribution < 1.29 is 19.5 Å². The summed E-state index contributed by atoms with van der Waals surface area (Å²) < 4.78 is 0. The van der Waals surface area contributed by atoms with Gasteiger partial charge in [0.25, 0.3) is 0 Å². The molecule has 0 bridgehead atoms. The summed E-state index contributed by atoms with van der Waals surface area (Å²) in [4.78, 5) is 37.9. The van der Waals surface area contributed by atoms with Gasteiger partial charge in [0.05, 0.1) is 0 Å². The summed E-state index contributed by atoms with van der Waals surface area (Å²) in [5.74, 6) is -1.55. The lowest BCUT2D eigenvalue weighted by Gasteiger charge is -2.14. The Bertz CT molecular complexity index is 754. The van der Waals surface area contributed by atoms with E-state index in [0.29, 0.717) is 13.0 Å². The van der Waals surface area contributed by atoms with Crippen LogP contribution in [0.3, 0.4) is 0 Å². The number of amides is 2. The zero-order chi connectivity index (χ0) is 18.2. The molecule has 2 amide bonds. The Morgan fingerprint density at radius 2 is 1.88 bits per heavy atom. The van der Waals surface area contributed by atoms with Crippen LogP contribution in [0.1, 0.15) is 31.7 Å². The molecule has 1 aromatic carbocycles. The van der Waals surface area contributed by atoms with Crippen LogP contribution in [0.25, 0.3) is 10.9 Å². The topological polar surface area (TPSA) is 111 Å². The van der Waals surface area contributed by atoms with Crippen LogP contribution in [0.5, 0.6) is 0 Å². The molecule has 1 unspecified atom stereocenters. The number of fused-ring (bicyclic) bond motifs is 1. The molecule has 2 rings (SSSR count). The normalized spacial score (nSPS) is 11.9. The first kappa shape index (κ1) is 18.5. The molecule has 0 fully saturated rings. The molecular weight excluding hydrogens is 322 g/mol. The minimum Gasteiger partial charge on any atom is -0.480 e. The molecule has 134 valence electrons. The van der Waals surface area contributed by atoms with Crippen molar-refractivity contribution in [2.24, 2.45) is 0 Å². The standard InChI is InChI=1S/C18H23N3O4/c1-2-19-16(22)8-5-9-17(23)21-15(18(24)25)10-12-11-20-14-7-4-3-6-13(12)14/h3-4,6-7,11,15,20H,2,5,8-10H2,1H3,(H,19,22)(H,21,23)(H,24,25). The number of H-pyrrole nitrogens is 1. The molecule has 7 heteroatoms. The Hall–Kier alpha value is -2.83. The zero-order valence-corrected chi connectivity index (χ0v) is 14.2. The van der Waals surface area contributed by atoms with E-state index < -0.39 is 12.0 Å². The third kappa shape index (κ3) is 5.34. The van der Waals surface area contributed by atoms with Crippen molar-refractivity contribution in [1.29, 1.82) is 0 Å². The lowest BCUT2D eigenvalue weighted by Crippen LogP contribution is -2.42. The molecule has 7 nitrogen and oxygen atoms in total. The molecule has 4 N–H and O–H groups in total. The van der Waals surface area contributed by atoms with Gasteiger partial charge in [-0.3, -0.25) is 9.59 Å². The van der Waals surface area contributed by atoms with Gasteiger partial charge in [0.2, 0.25) is 11.8 Å². The number of nitrogens with one attached hydrogen (secondary N) is 3. The first-order valence-electron chi connectivity index (χ1n) is 8.35. The predicted molar refractivity (Wildman–Crippen MR) is 94.1 cm³/mol. The van der Waals surface area contributed by atoms with Crippen molar-refractivity contribution in [2.45, 2.75) is 38.6 Å². The highest BCUT2D eigenvalue weighted by Gasteiger charge is 2.21. The van der Waals surface area contributed by atoms with Crippen LogP contribution in [-0.4, -0.2) is 40.5 Å². The van der Waals surface area contributed by atoms with Gasteiger partial charge in [-0.1, -0.05) is 18.2 Å². The maximum atomic E-state index is 12.0. The zero-order valence-electron chi connectivity index (χ0n) is 14.2. The molecule has 25 heavy (non-hydrogen) atoms. The second kappa shape index (κ2) is 8.86. The van der Waals surface area contributed by atoms with Crippen molar-refractivity contribution in [3.05, 3.63) is 36.0 Å². The van der Waals surface area contributed by atoms with Gasteiger partial charge in [-0.2, -0.15) is 0 Å². The van der Waals surface area contributed by atoms with E-state index >= 15 is 0 Å². The van der Waals surface area contributed by atoms with Crippen molar-refractivity contribution in [3.63, 3.8) is 0 Å². The Balaban J connectivity index is 1.91. The highest BCUT2D eigenvalue weighted by molar-refractivity contribution is 5.87. The second-order valence-corrected chi connectivity index (χ2v) is 5.83. The van der Waals surface area contributed by atoms with Gasteiger partial charge < -0.3 is 20.7 Å². The van der Waals surface area contributed by atoms with Crippen LogP contribution in [0.2, 0.25) is 0 Å². The van der Waals surface area contributed by atoms with E-state index in [9.17, 15) is 19.5 Å². The predicted octanol–water partition coefficient (Wildman–Crippen LogP) is 1.59. The molecule has 1 heterocycles. The number of carbonyl (C=O) groups excluding carboxylic acids is 2. The smallest absolute Gasteiger partial charge is 0.326 e. The van der Waals surface area contributed by atoms with Gasteiger partial charge in [-0.05, 0) is 25.0 Å². The van der Waals surface area contributed by atoms with Gasteiger partial charge in [-0.15, -0.1) is 0 Å². The van der Waals surface area contributed by atoms with Crippen molar-refractivity contribution >= 4 is 28.7 Å². The highest BCUT2D eigenvalue weighted by Crippen LogP contribution is 2.19. The van der Waals surface area contributed by atoms with Crippen LogP contribution in [0.4, 0.5) is 0 Å². The molecule has 0 spiro atoms. The SMILES string of the molecule is CCNC(=O)CCCC(=O)NC(Cc1c[nH]c2ccccc12)C(=O)O.